The van der Waals surface area contributed by atoms with Crippen molar-refractivity contribution in [2.45, 2.75) is 84.4 Å². The molecule has 51 heavy (non-hydrogen) atoms. The molecule has 0 unspecified atom stereocenters. The molecule has 2 aromatic rings. The highest BCUT2D eigenvalue weighted by Crippen LogP contribution is 2.30. The van der Waals surface area contributed by atoms with Crippen molar-refractivity contribution < 1.29 is 52.4 Å². The van der Waals surface area contributed by atoms with Crippen LogP contribution in [0.2, 0.25) is 0 Å². The molecule has 0 spiro atoms. The van der Waals surface area contributed by atoms with Gasteiger partial charge in [-0.3, -0.25) is 4.79 Å². The van der Waals surface area contributed by atoms with Crippen LogP contribution in [0.5, 0.6) is 5.75 Å². The number of hydrogen-bond acceptors (Lipinski definition) is 11. The maximum Gasteiger partial charge on any atom is 0.408 e. The van der Waals surface area contributed by atoms with Gasteiger partial charge < -0.3 is 44.4 Å². The van der Waals surface area contributed by atoms with Gasteiger partial charge in [-0.05, 0) is 94.3 Å². The number of hydrogen-bond donors (Lipinski definition) is 3. The van der Waals surface area contributed by atoms with Crippen molar-refractivity contribution >= 4 is 52.6 Å². The average Bonchev–Trinajstić information content (AvgIpc) is 3.03. The molecule has 0 saturated heterocycles. The molecule has 0 aliphatic heterocycles. The van der Waals surface area contributed by atoms with E-state index in [9.17, 15) is 24.0 Å². The van der Waals surface area contributed by atoms with E-state index in [2.05, 4.69) is 27.8 Å². The molecule has 0 fully saturated rings. The summed E-state index contributed by atoms with van der Waals surface area (Å²) in [7, 11) is 2.63. The lowest BCUT2D eigenvalue weighted by Crippen LogP contribution is -2.48. The summed E-state index contributed by atoms with van der Waals surface area (Å²) < 4.78 is 32.6. The maximum absolute atomic E-state index is 13.0. The van der Waals surface area contributed by atoms with Gasteiger partial charge in [0, 0.05) is 0 Å². The molecule has 3 amide bonds. The van der Waals surface area contributed by atoms with E-state index >= 15 is 0 Å². The summed E-state index contributed by atoms with van der Waals surface area (Å²) in [6.07, 6.45) is -1.63. The van der Waals surface area contributed by atoms with E-state index in [0.717, 1.165) is 5.56 Å². The van der Waals surface area contributed by atoms with Gasteiger partial charge in [0.25, 0.3) is 0 Å². The number of esters is 2. The molecule has 2 aromatic carbocycles. The SMILES string of the molecule is COC(=O)[C@@H](NC(=O)[C@@H](C)NC(=O)OC(C)(C)C)c1cc(I)c(OC)c(C#CCOC[C@H](NC(=O)OCc2ccccc2)C(=O)OC(C)(C)C)c1. The largest absolute Gasteiger partial charge is 0.494 e. The van der Waals surface area contributed by atoms with E-state index in [-0.39, 0.29) is 19.8 Å². The highest BCUT2D eigenvalue weighted by molar-refractivity contribution is 14.1. The highest BCUT2D eigenvalue weighted by Gasteiger charge is 2.30. The van der Waals surface area contributed by atoms with Gasteiger partial charge in [0.1, 0.15) is 36.2 Å². The van der Waals surface area contributed by atoms with Crippen molar-refractivity contribution in [3.63, 3.8) is 0 Å². The van der Waals surface area contributed by atoms with Gasteiger partial charge >= 0.3 is 24.1 Å². The second kappa shape index (κ2) is 19.7. The Morgan fingerprint density at radius 1 is 0.843 bits per heavy atom. The average molecular weight is 824 g/mol. The van der Waals surface area contributed by atoms with Crippen LogP contribution in [0, 0.1) is 15.4 Å². The van der Waals surface area contributed by atoms with Crippen LogP contribution >= 0.6 is 22.6 Å². The number of benzene rings is 2. The summed E-state index contributed by atoms with van der Waals surface area (Å²) in [5.41, 5.74) is -0.134. The van der Waals surface area contributed by atoms with Crippen LogP contribution in [-0.4, -0.2) is 80.8 Å². The first-order valence-corrected chi connectivity index (χ1v) is 16.9. The number of alkyl carbamates (subject to hydrolysis) is 2. The first kappa shape index (κ1) is 42.6. The lowest BCUT2D eigenvalue weighted by Gasteiger charge is -2.24. The Kier molecular flexibility index (Phi) is 16.5. The van der Waals surface area contributed by atoms with E-state index in [1.54, 1.807) is 65.8 Å². The monoisotopic (exact) mass is 823 g/mol. The number of halogens is 1. The second-order valence-electron chi connectivity index (χ2n) is 13.0. The number of amides is 3. The van der Waals surface area contributed by atoms with Crippen LogP contribution in [0.3, 0.4) is 0 Å². The van der Waals surface area contributed by atoms with Gasteiger partial charge in [-0.1, -0.05) is 42.2 Å². The minimum absolute atomic E-state index is 0.00224. The Hall–Kier alpha value is -4.56. The van der Waals surface area contributed by atoms with Crippen molar-refractivity contribution in [3.05, 3.63) is 62.7 Å². The summed E-state index contributed by atoms with van der Waals surface area (Å²) in [5, 5.41) is 7.53. The van der Waals surface area contributed by atoms with Gasteiger partial charge in [-0.2, -0.15) is 0 Å². The van der Waals surface area contributed by atoms with Crippen LogP contribution in [0.15, 0.2) is 42.5 Å². The third kappa shape index (κ3) is 15.5. The number of ether oxygens (including phenoxy) is 6. The molecule has 2 rings (SSSR count). The van der Waals surface area contributed by atoms with Crippen LogP contribution in [0.1, 0.15) is 71.2 Å². The lowest BCUT2D eigenvalue weighted by atomic mass is 10.0. The maximum atomic E-state index is 13.0. The third-order valence-electron chi connectivity index (χ3n) is 6.33. The number of carbonyl (C=O) groups excluding carboxylic acids is 5. The number of carbonyl (C=O) groups is 5. The van der Waals surface area contributed by atoms with Crippen molar-refractivity contribution in [2.75, 3.05) is 27.4 Å². The molecule has 3 N–H and O–H groups in total. The van der Waals surface area contributed by atoms with Crippen molar-refractivity contribution in [1.82, 2.24) is 16.0 Å². The smallest absolute Gasteiger partial charge is 0.408 e. The fourth-order valence-corrected chi connectivity index (χ4v) is 4.97. The predicted octanol–water partition coefficient (Wildman–Crippen LogP) is 4.55. The van der Waals surface area contributed by atoms with E-state index in [0.29, 0.717) is 20.4 Å². The Balaban J connectivity index is 2.20. The lowest BCUT2D eigenvalue weighted by molar-refractivity contribution is -0.158. The summed E-state index contributed by atoms with van der Waals surface area (Å²) in [4.78, 5) is 63.4. The molecule has 14 nitrogen and oxygen atoms in total. The molecular weight excluding hydrogens is 777 g/mol. The van der Waals surface area contributed by atoms with Gasteiger partial charge in [0.05, 0.1) is 30.0 Å². The fourth-order valence-electron chi connectivity index (χ4n) is 4.10. The van der Waals surface area contributed by atoms with Crippen molar-refractivity contribution in [3.8, 4) is 17.6 Å². The Bertz CT molecular complexity index is 1590. The zero-order chi connectivity index (χ0) is 38.4. The second-order valence-corrected chi connectivity index (χ2v) is 14.2. The molecule has 0 aromatic heterocycles. The van der Waals surface area contributed by atoms with Gasteiger partial charge in [-0.15, -0.1) is 0 Å². The first-order chi connectivity index (χ1) is 23.8. The van der Waals surface area contributed by atoms with E-state index in [1.807, 2.05) is 40.8 Å². The van der Waals surface area contributed by atoms with E-state index in [1.165, 1.54) is 21.1 Å². The van der Waals surface area contributed by atoms with Crippen LogP contribution in [0.4, 0.5) is 9.59 Å². The number of nitrogens with one attached hydrogen (secondary N) is 3. The Morgan fingerprint density at radius 2 is 1.49 bits per heavy atom. The molecule has 0 saturated carbocycles. The minimum atomic E-state index is -1.26. The van der Waals surface area contributed by atoms with E-state index < -0.39 is 59.4 Å². The molecule has 0 aliphatic rings. The summed E-state index contributed by atoms with van der Waals surface area (Å²) >= 11 is 2.01. The number of rotatable bonds is 13. The summed E-state index contributed by atoms with van der Waals surface area (Å²) in [6, 6.07) is 8.73. The fraction of sp³-hybridized carbons (Fsp3) is 0.472. The van der Waals surface area contributed by atoms with Gasteiger partial charge in [0.2, 0.25) is 5.91 Å². The van der Waals surface area contributed by atoms with Gasteiger partial charge in [-0.25, -0.2) is 19.2 Å². The molecule has 0 radical (unpaired) electrons. The van der Waals surface area contributed by atoms with Crippen LogP contribution in [-0.2, 0) is 44.7 Å². The van der Waals surface area contributed by atoms with Crippen LogP contribution in [0.25, 0.3) is 0 Å². The topological polar surface area (TPSA) is 177 Å². The van der Waals surface area contributed by atoms with Crippen molar-refractivity contribution in [1.29, 1.82) is 0 Å². The van der Waals surface area contributed by atoms with E-state index in [4.69, 9.17) is 28.4 Å². The Labute approximate surface area is 312 Å². The standard InChI is InChI=1S/C36H46IN3O11/c1-22(38-34(45)51-36(5,6)7)30(41)40-28(32(43)47-9)25-18-24(29(46-8)26(37)19-25)16-13-17-48-21-27(31(42)50-35(2,3)4)39-33(44)49-20-23-14-11-10-12-15-23/h10-12,14-15,18-19,22,27-28H,17,20-21H2,1-9H3,(H,38,45)(H,39,44)(H,40,41)/t22-,27+,28+/m1/s1. The molecule has 278 valence electrons. The van der Waals surface area contributed by atoms with Gasteiger partial charge in [0.15, 0.2) is 12.1 Å². The molecule has 0 aliphatic carbocycles. The molecule has 0 bridgehead atoms. The summed E-state index contributed by atoms with van der Waals surface area (Å²) in [5.74, 6) is 4.02. The predicted molar refractivity (Wildman–Crippen MR) is 195 cm³/mol. The quantitative estimate of drug-likeness (QED) is 0.0850. The van der Waals surface area contributed by atoms with Crippen LogP contribution < -0.4 is 20.7 Å². The normalized spacial score (nSPS) is 12.8. The Morgan fingerprint density at radius 3 is 2.08 bits per heavy atom. The zero-order valence-electron chi connectivity index (χ0n) is 30.3. The molecular formula is C36H46IN3O11. The minimum Gasteiger partial charge on any atom is -0.494 e. The third-order valence-corrected chi connectivity index (χ3v) is 7.13. The molecule has 15 heteroatoms. The molecule has 3 atom stereocenters. The number of methoxy groups -OCH3 is 2. The highest BCUT2D eigenvalue weighted by atomic mass is 127. The first-order valence-electron chi connectivity index (χ1n) is 15.8. The zero-order valence-corrected chi connectivity index (χ0v) is 32.4. The molecule has 0 heterocycles. The van der Waals surface area contributed by atoms with Crippen molar-refractivity contribution in [2.24, 2.45) is 0 Å². The summed E-state index contributed by atoms with van der Waals surface area (Å²) in [6.45, 7) is 11.2.